The van der Waals surface area contributed by atoms with Crippen LogP contribution in [0, 0.1) is 0 Å². The van der Waals surface area contributed by atoms with Crippen LogP contribution in [0.15, 0.2) is 58.2 Å². The van der Waals surface area contributed by atoms with Gasteiger partial charge in [-0.25, -0.2) is 4.98 Å². The number of piperidine rings is 1. The summed E-state index contributed by atoms with van der Waals surface area (Å²) in [4.78, 5) is 30.5. The highest BCUT2D eigenvalue weighted by molar-refractivity contribution is 5.81. The van der Waals surface area contributed by atoms with Gasteiger partial charge in [-0.05, 0) is 30.4 Å². The third kappa shape index (κ3) is 3.73. The van der Waals surface area contributed by atoms with Crippen LogP contribution in [0.5, 0.6) is 0 Å². The summed E-state index contributed by atoms with van der Waals surface area (Å²) in [5.74, 6) is 0.852. The van der Waals surface area contributed by atoms with Gasteiger partial charge in [0, 0.05) is 50.2 Å². The summed E-state index contributed by atoms with van der Waals surface area (Å²) in [5.41, 5.74) is 0.761. The molecule has 0 saturated carbocycles. The van der Waals surface area contributed by atoms with E-state index in [1.165, 1.54) is 0 Å². The summed E-state index contributed by atoms with van der Waals surface area (Å²) in [5, 5.41) is 5.72. The summed E-state index contributed by atoms with van der Waals surface area (Å²) in [6, 6.07) is 9.66. The highest BCUT2D eigenvalue weighted by Crippen LogP contribution is 2.36. The number of aromatic nitrogens is 5. The minimum absolute atomic E-state index is 0.0567. The van der Waals surface area contributed by atoms with E-state index in [1.807, 2.05) is 30.3 Å². The summed E-state index contributed by atoms with van der Waals surface area (Å²) in [6.07, 6.45) is 6.18. The number of pyridine rings is 1. The number of methoxy groups -OCH3 is 1. The van der Waals surface area contributed by atoms with Crippen LogP contribution >= 0.6 is 0 Å². The molecule has 0 unspecified atom stereocenters. The van der Waals surface area contributed by atoms with Crippen molar-refractivity contribution >= 4 is 10.8 Å². The number of hydrogen-bond donors (Lipinski definition) is 1. The molecule has 0 spiro atoms. The van der Waals surface area contributed by atoms with Crippen molar-refractivity contribution in [3.05, 3.63) is 70.9 Å². The molecule has 4 heterocycles. The molecule has 0 radical (unpaired) electrons. The Morgan fingerprint density at radius 3 is 2.84 bits per heavy atom. The Kier molecular flexibility index (Phi) is 5.05. The van der Waals surface area contributed by atoms with E-state index in [2.05, 4.69) is 30.0 Å². The second kappa shape index (κ2) is 8.01. The third-order valence-corrected chi connectivity index (χ3v) is 5.87. The minimum atomic E-state index is -0.638. The number of H-pyrrole nitrogens is 1. The molecule has 0 amide bonds. The zero-order valence-corrected chi connectivity index (χ0v) is 17.1. The first kappa shape index (κ1) is 19.5. The molecule has 5 rings (SSSR count). The van der Waals surface area contributed by atoms with Gasteiger partial charge in [0.2, 0.25) is 5.82 Å². The number of ether oxygens (including phenoxy) is 1. The van der Waals surface area contributed by atoms with E-state index in [0.717, 1.165) is 24.2 Å². The molecule has 4 aromatic rings. The Labute approximate surface area is 178 Å². The van der Waals surface area contributed by atoms with Crippen LogP contribution in [0.25, 0.3) is 22.3 Å². The molecule has 3 aromatic heterocycles. The normalized spacial score (nSPS) is 16.5. The fourth-order valence-electron chi connectivity index (χ4n) is 4.10. The van der Waals surface area contributed by atoms with Crippen molar-refractivity contribution in [3.8, 4) is 11.5 Å². The number of aromatic amines is 1. The van der Waals surface area contributed by atoms with Crippen LogP contribution in [0.3, 0.4) is 0 Å². The van der Waals surface area contributed by atoms with Gasteiger partial charge in [-0.1, -0.05) is 23.4 Å². The van der Waals surface area contributed by atoms with Gasteiger partial charge in [0.1, 0.15) is 11.3 Å². The molecular weight excluding hydrogens is 396 g/mol. The van der Waals surface area contributed by atoms with E-state index in [-0.39, 0.29) is 5.56 Å². The van der Waals surface area contributed by atoms with Crippen LogP contribution in [0.4, 0.5) is 0 Å². The van der Waals surface area contributed by atoms with E-state index < -0.39 is 5.60 Å². The Morgan fingerprint density at radius 1 is 1.23 bits per heavy atom. The summed E-state index contributed by atoms with van der Waals surface area (Å²) in [7, 11) is 1.67. The molecule has 1 aliphatic rings. The maximum absolute atomic E-state index is 12.4. The average Bonchev–Trinajstić information content (AvgIpc) is 3.31. The monoisotopic (exact) mass is 418 g/mol. The van der Waals surface area contributed by atoms with Crippen molar-refractivity contribution in [3.63, 3.8) is 0 Å². The van der Waals surface area contributed by atoms with Crippen molar-refractivity contribution < 1.29 is 9.26 Å². The maximum atomic E-state index is 12.4. The van der Waals surface area contributed by atoms with E-state index in [1.54, 1.807) is 25.7 Å². The zero-order chi connectivity index (χ0) is 21.3. The second-order valence-corrected chi connectivity index (χ2v) is 7.70. The predicted octanol–water partition coefficient (Wildman–Crippen LogP) is 2.51. The molecule has 9 heteroatoms. The predicted molar refractivity (Wildman–Crippen MR) is 113 cm³/mol. The summed E-state index contributed by atoms with van der Waals surface area (Å²) >= 11 is 0. The lowest BCUT2D eigenvalue weighted by molar-refractivity contribution is -0.0839. The van der Waals surface area contributed by atoms with Crippen LogP contribution in [0.1, 0.15) is 24.4 Å². The average molecular weight is 418 g/mol. The first-order chi connectivity index (χ1) is 15.2. The van der Waals surface area contributed by atoms with Crippen molar-refractivity contribution in [1.29, 1.82) is 0 Å². The standard InChI is InChI=1S/C22H22N6O3/c1-30-22(21-26-19(27-31-21)18-13-23-8-9-24-18)6-10-28(11-7-22)14-16-12-15-4-2-3-5-17(15)20(29)25-16/h2-5,8-9,12-13H,6-7,10-11,14H2,1H3,(H,25,29). The Balaban J connectivity index is 1.31. The van der Waals surface area contributed by atoms with E-state index in [0.29, 0.717) is 42.2 Å². The number of likely N-dealkylation sites (tertiary alicyclic amines) is 1. The SMILES string of the molecule is COC1(c2nc(-c3cnccn3)no2)CCN(Cc2cc3ccccc3c(=O)[nH]2)CC1. The molecule has 1 aliphatic heterocycles. The lowest BCUT2D eigenvalue weighted by Crippen LogP contribution is -2.43. The second-order valence-electron chi connectivity index (χ2n) is 7.70. The number of rotatable bonds is 5. The van der Waals surface area contributed by atoms with Crippen molar-refractivity contribution in [1.82, 2.24) is 30.0 Å². The summed E-state index contributed by atoms with van der Waals surface area (Å²) in [6.45, 7) is 2.20. The van der Waals surface area contributed by atoms with Gasteiger partial charge in [0.05, 0.1) is 6.20 Å². The number of fused-ring (bicyclic) bond motifs is 1. The topological polar surface area (TPSA) is 110 Å². The number of nitrogens with one attached hydrogen (secondary N) is 1. The van der Waals surface area contributed by atoms with Gasteiger partial charge in [-0.3, -0.25) is 14.7 Å². The van der Waals surface area contributed by atoms with E-state index in [4.69, 9.17) is 9.26 Å². The van der Waals surface area contributed by atoms with Crippen LogP contribution in [0.2, 0.25) is 0 Å². The lowest BCUT2D eigenvalue weighted by Gasteiger charge is -2.38. The van der Waals surface area contributed by atoms with Gasteiger partial charge in [0.15, 0.2) is 0 Å². The Morgan fingerprint density at radius 2 is 2.06 bits per heavy atom. The Bertz CT molecular complexity index is 1240. The van der Waals surface area contributed by atoms with Gasteiger partial charge in [0.25, 0.3) is 11.4 Å². The molecule has 1 fully saturated rings. The van der Waals surface area contributed by atoms with Crippen LogP contribution in [-0.2, 0) is 16.9 Å². The minimum Gasteiger partial charge on any atom is -0.368 e. The molecule has 9 nitrogen and oxygen atoms in total. The third-order valence-electron chi connectivity index (χ3n) is 5.87. The molecular formula is C22H22N6O3. The first-order valence-corrected chi connectivity index (χ1v) is 10.2. The highest BCUT2D eigenvalue weighted by Gasteiger charge is 2.41. The van der Waals surface area contributed by atoms with E-state index in [9.17, 15) is 4.79 Å². The number of nitrogens with zero attached hydrogens (tertiary/aromatic N) is 5. The van der Waals surface area contributed by atoms with Gasteiger partial charge < -0.3 is 14.2 Å². The molecule has 0 aliphatic carbocycles. The van der Waals surface area contributed by atoms with Crippen LogP contribution in [-0.4, -0.2) is 50.2 Å². The maximum Gasteiger partial charge on any atom is 0.259 e. The molecule has 158 valence electrons. The molecule has 1 aromatic carbocycles. The smallest absolute Gasteiger partial charge is 0.259 e. The molecule has 1 saturated heterocycles. The lowest BCUT2D eigenvalue weighted by atomic mass is 9.90. The zero-order valence-electron chi connectivity index (χ0n) is 17.1. The van der Waals surface area contributed by atoms with Gasteiger partial charge in [-0.15, -0.1) is 0 Å². The quantitative estimate of drug-likeness (QED) is 0.526. The fraction of sp³-hybridized carbons (Fsp3) is 0.318. The van der Waals surface area contributed by atoms with Crippen molar-refractivity contribution in [2.75, 3.05) is 20.2 Å². The number of hydrogen-bond acceptors (Lipinski definition) is 8. The molecule has 0 bridgehead atoms. The van der Waals surface area contributed by atoms with Gasteiger partial charge in [-0.2, -0.15) is 4.98 Å². The van der Waals surface area contributed by atoms with E-state index >= 15 is 0 Å². The molecule has 0 atom stereocenters. The molecule has 1 N–H and O–H groups in total. The first-order valence-electron chi connectivity index (χ1n) is 10.2. The summed E-state index contributed by atoms with van der Waals surface area (Å²) < 4.78 is 11.4. The largest absolute Gasteiger partial charge is 0.368 e. The van der Waals surface area contributed by atoms with Gasteiger partial charge >= 0.3 is 0 Å². The number of benzene rings is 1. The molecule has 31 heavy (non-hydrogen) atoms. The fourth-order valence-corrected chi connectivity index (χ4v) is 4.10. The van der Waals surface area contributed by atoms with Crippen molar-refractivity contribution in [2.45, 2.75) is 25.0 Å². The Hall–Kier alpha value is -3.43. The van der Waals surface area contributed by atoms with Crippen LogP contribution < -0.4 is 5.56 Å². The van der Waals surface area contributed by atoms with Crippen molar-refractivity contribution in [2.24, 2.45) is 0 Å². The highest BCUT2D eigenvalue weighted by atomic mass is 16.5.